The normalized spacial score (nSPS) is 20.2. The van der Waals surface area contributed by atoms with Gasteiger partial charge in [0.1, 0.15) is 13.1 Å². The van der Waals surface area contributed by atoms with Crippen LogP contribution in [0.15, 0.2) is 40.8 Å². The van der Waals surface area contributed by atoms with E-state index in [1.165, 1.54) is 12.0 Å². The van der Waals surface area contributed by atoms with Crippen molar-refractivity contribution in [3.8, 4) is 11.5 Å². The predicted octanol–water partition coefficient (Wildman–Crippen LogP) is 1.06. The molecule has 1 aromatic carbocycles. The summed E-state index contributed by atoms with van der Waals surface area (Å²) in [6.45, 7) is 3.34. The highest BCUT2D eigenvalue weighted by molar-refractivity contribution is 7.12. The van der Waals surface area contributed by atoms with E-state index in [0.717, 1.165) is 23.7 Å². The number of hydrazone groups is 1. The summed E-state index contributed by atoms with van der Waals surface area (Å²) in [5.41, 5.74) is 1.52. The molecular weight excluding hydrogens is 378 g/mol. The average molecular weight is 402 g/mol. The first-order valence-corrected chi connectivity index (χ1v) is 10.3. The Hall–Kier alpha value is -2.42. The highest BCUT2D eigenvalue weighted by atomic mass is 32.1. The summed E-state index contributed by atoms with van der Waals surface area (Å²) in [5.74, 6) is 0.415. The number of amides is 1. The van der Waals surface area contributed by atoms with Gasteiger partial charge >= 0.3 is 0 Å². The van der Waals surface area contributed by atoms with Gasteiger partial charge in [0.05, 0.1) is 37.0 Å². The second kappa shape index (κ2) is 8.30. The van der Waals surface area contributed by atoms with E-state index >= 15 is 0 Å². The van der Waals surface area contributed by atoms with Crippen molar-refractivity contribution in [1.29, 1.82) is 0 Å². The van der Waals surface area contributed by atoms with Crippen LogP contribution in [0.25, 0.3) is 0 Å². The molecule has 4 rings (SSSR count). The molecule has 7 nitrogen and oxygen atoms in total. The number of carbonyl (C=O) groups excluding carboxylic acids is 1. The van der Waals surface area contributed by atoms with Crippen molar-refractivity contribution in [3.63, 3.8) is 0 Å². The molecule has 1 fully saturated rings. The number of phenols is 1. The van der Waals surface area contributed by atoms with Crippen LogP contribution >= 0.6 is 11.3 Å². The molecule has 1 aromatic heterocycles. The van der Waals surface area contributed by atoms with E-state index in [4.69, 9.17) is 9.47 Å². The number of thiophene rings is 1. The van der Waals surface area contributed by atoms with Crippen molar-refractivity contribution < 1.29 is 24.3 Å². The maximum atomic E-state index is 13.1. The van der Waals surface area contributed by atoms with Crippen molar-refractivity contribution in [1.82, 2.24) is 5.01 Å². The number of benzene rings is 1. The summed E-state index contributed by atoms with van der Waals surface area (Å²) < 4.78 is 10.6. The standard InChI is InChI=1S/C20H23N3O4S/c1-26-17-5-2-4-14(20(17)25)16-12-15(18-6-3-11-28-18)21-23(16)19(24)13-22-7-9-27-10-8-22/h2-6,11,16,25H,7-10,12-13H2,1H3/p+1/t16-/m0/s1. The van der Waals surface area contributed by atoms with Crippen molar-refractivity contribution in [3.05, 3.63) is 46.2 Å². The smallest absolute Gasteiger partial charge is 0.298 e. The third kappa shape index (κ3) is 3.76. The number of morpholine rings is 1. The summed E-state index contributed by atoms with van der Waals surface area (Å²) in [4.78, 5) is 15.4. The number of ether oxygens (including phenoxy) is 2. The van der Waals surface area contributed by atoms with Crippen LogP contribution in [0.1, 0.15) is 22.9 Å². The summed E-state index contributed by atoms with van der Waals surface area (Å²) in [6.07, 6.45) is 0.561. The largest absolute Gasteiger partial charge is 0.504 e. The number of nitrogens with one attached hydrogen (secondary N) is 1. The molecule has 8 heteroatoms. The topological polar surface area (TPSA) is 75.8 Å². The van der Waals surface area contributed by atoms with Gasteiger partial charge in [0.2, 0.25) is 0 Å². The van der Waals surface area contributed by atoms with E-state index in [1.54, 1.807) is 22.4 Å². The van der Waals surface area contributed by atoms with Gasteiger partial charge in [-0.15, -0.1) is 11.3 Å². The summed E-state index contributed by atoms with van der Waals surface area (Å²) >= 11 is 1.60. The Balaban J connectivity index is 1.63. The van der Waals surface area contributed by atoms with Gasteiger partial charge in [-0.05, 0) is 17.5 Å². The molecule has 2 aromatic rings. The first-order chi connectivity index (χ1) is 13.7. The molecule has 0 unspecified atom stereocenters. The zero-order valence-electron chi connectivity index (χ0n) is 15.8. The number of carbonyl (C=O) groups is 1. The zero-order chi connectivity index (χ0) is 19.5. The molecule has 0 radical (unpaired) electrons. The molecule has 1 amide bonds. The molecule has 0 spiro atoms. The van der Waals surface area contributed by atoms with Gasteiger partial charge in [-0.3, -0.25) is 4.79 Å². The molecule has 2 N–H and O–H groups in total. The first-order valence-electron chi connectivity index (χ1n) is 9.38. The number of phenolic OH excluding ortho intramolecular Hbond substituents is 1. The first kappa shape index (κ1) is 18.9. The van der Waals surface area contributed by atoms with E-state index in [2.05, 4.69) is 5.10 Å². The van der Waals surface area contributed by atoms with Crippen LogP contribution in [0.2, 0.25) is 0 Å². The van der Waals surface area contributed by atoms with E-state index in [9.17, 15) is 9.90 Å². The lowest BCUT2D eigenvalue weighted by Crippen LogP contribution is -3.15. The van der Waals surface area contributed by atoms with Gasteiger partial charge in [0.25, 0.3) is 5.91 Å². The molecule has 148 valence electrons. The van der Waals surface area contributed by atoms with E-state index in [1.807, 2.05) is 29.6 Å². The molecule has 0 saturated carbocycles. The number of hydrogen-bond donors (Lipinski definition) is 2. The quantitative estimate of drug-likeness (QED) is 0.784. The van der Waals surface area contributed by atoms with E-state index < -0.39 is 0 Å². The number of methoxy groups -OCH3 is 1. The van der Waals surface area contributed by atoms with Crippen LogP contribution in [-0.2, 0) is 9.53 Å². The van der Waals surface area contributed by atoms with Crippen molar-refractivity contribution in [2.24, 2.45) is 5.10 Å². The highest BCUT2D eigenvalue weighted by Crippen LogP contribution is 2.41. The number of quaternary nitrogens is 1. The minimum Gasteiger partial charge on any atom is -0.504 e. The van der Waals surface area contributed by atoms with E-state index in [-0.39, 0.29) is 17.7 Å². The maximum absolute atomic E-state index is 13.1. The number of hydrogen-bond acceptors (Lipinski definition) is 6. The average Bonchev–Trinajstić information content (AvgIpc) is 3.39. The molecule has 2 aliphatic rings. The minimum absolute atomic E-state index is 0.0457. The number of para-hydroxylation sites is 1. The fraction of sp³-hybridized carbons (Fsp3) is 0.400. The van der Waals surface area contributed by atoms with Gasteiger partial charge in [-0.1, -0.05) is 18.2 Å². The summed E-state index contributed by atoms with van der Waals surface area (Å²) in [5, 5.41) is 18.9. The Kier molecular flexibility index (Phi) is 5.61. The molecule has 0 aliphatic carbocycles. The van der Waals surface area contributed by atoms with E-state index in [0.29, 0.717) is 37.5 Å². The van der Waals surface area contributed by atoms with Crippen LogP contribution < -0.4 is 9.64 Å². The summed E-state index contributed by atoms with van der Waals surface area (Å²) in [6, 6.07) is 9.00. The highest BCUT2D eigenvalue weighted by Gasteiger charge is 2.37. The Labute approximate surface area is 167 Å². The van der Waals surface area contributed by atoms with Crippen molar-refractivity contribution in [2.45, 2.75) is 12.5 Å². The Morgan fingerprint density at radius 2 is 2.18 bits per heavy atom. The maximum Gasteiger partial charge on any atom is 0.298 e. The van der Waals surface area contributed by atoms with Gasteiger partial charge < -0.3 is 19.5 Å². The minimum atomic E-state index is -0.347. The molecular formula is C20H24N3O4S+. The second-order valence-corrected chi connectivity index (χ2v) is 7.87. The number of rotatable bonds is 5. The molecule has 28 heavy (non-hydrogen) atoms. The SMILES string of the molecule is COc1cccc([C@@H]2CC(c3cccs3)=NN2C(=O)C[NH+]2CCOCC2)c1O. The third-order valence-corrected chi connectivity index (χ3v) is 6.10. The third-order valence-electron chi connectivity index (χ3n) is 5.18. The Bertz CT molecular complexity index is 862. The van der Waals surface area contributed by atoms with Gasteiger partial charge in [-0.2, -0.15) is 5.10 Å². The van der Waals surface area contributed by atoms with Gasteiger partial charge in [0.15, 0.2) is 18.0 Å². The van der Waals surface area contributed by atoms with Crippen molar-refractivity contribution >= 4 is 23.0 Å². The number of nitrogens with zero attached hydrogens (tertiary/aromatic N) is 2. The second-order valence-electron chi connectivity index (χ2n) is 6.92. The monoisotopic (exact) mass is 402 g/mol. The summed E-state index contributed by atoms with van der Waals surface area (Å²) in [7, 11) is 1.52. The van der Waals surface area contributed by atoms with Gasteiger partial charge in [0, 0.05) is 12.0 Å². The van der Waals surface area contributed by atoms with Crippen LogP contribution in [0.3, 0.4) is 0 Å². The van der Waals surface area contributed by atoms with Gasteiger partial charge in [-0.25, -0.2) is 5.01 Å². The fourth-order valence-electron chi connectivity index (χ4n) is 3.68. The molecule has 2 aliphatic heterocycles. The molecule has 1 atom stereocenters. The molecule has 3 heterocycles. The lowest BCUT2D eigenvalue weighted by Gasteiger charge is -2.27. The van der Waals surface area contributed by atoms with Crippen LogP contribution in [0.4, 0.5) is 0 Å². The lowest BCUT2D eigenvalue weighted by atomic mass is 9.99. The molecule has 1 saturated heterocycles. The lowest BCUT2D eigenvalue weighted by molar-refractivity contribution is -0.900. The number of aromatic hydroxyl groups is 1. The molecule has 0 bridgehead atoms. The zero-order valence-corrected chi connectivity index (χ0v) is 16.6. The fourth-order valence-corrected chi connectivity index (χ4v) is 4.40. The predicted molar refractivity (Wildman–Crippen MR) is 106 cm³/mol. The van der Waals surface area contributed by atoms with Crippen molar-refractivity contribution in [2.75, 3.05) is 40.0 Å². The Morgan fingerprint density at radius 3 is 2.89 bits per heavy atom. The van der Waals surface area contributed by atoms with Crippen LogP contribution in [0.5, 0.6) is 11.5 Å². The Morgan fingerprint density at radius 1 is 1.36 bits per heavy atom. The van der Waals surface area contributed by atoms with Crippen LogP contribution in [-0.4, -0.2) is 61.7 Å². The van der Waals surface area contributed by atoms with Crippen LogP contribution in [0, 0.1) is 0 Å².